The first-order valence-electron chi connectivity index (χ1n) is 5.88. The zero-order chi connectivity index (χ0) is 11.8. The van der Waals surface area contributed by atoms with E-state index in [1.807, 2.05) is 4.90 Å². The van der Waals surface area contributed by atoms with Crippen molar-refractivity contribution >= 4 is 17.5 Å². The Morgan fingerprint density at radius 3 is 2.59 bits per heavy atom. The van der Waals surface area contributed by atoms with Gasteiger partial charge in [-0.25, -0.2) is 0 Å². The summed E-state index contributed by atoms with van der Waals surface area (Å²) < 4.78 is 5.44. The first-order valence-corrected chi connectivity index (χ1v) is 6.26. The maximum absolute atomic E-state index is 11.8. The molecule has 3 nitrogen and oxygen atoms in total. The van der Waals surface area contributed by atoms with E-state index >= 15 is 0 Å². The van der Waals surface area contributed by atoms with Crippen molar-refractivity contribution < 1.29 is 9.53 Å². The van der Waals surface area contributed by atoms with Crippen LogP contribution >= 0.6 is 11.6 Å². The van der Waals surface area contributed by atoms with E-state index in [4.69, 9.17) is 16.3 Å². The molecule has 2 unspecified atom stereocenters. The van der Waals surface area contributed by atoms with Crippen LogP contribution in [0.3, 0.4) is 0 Å². The third-order valence-electron chi connectivity index (χ3n) is 3.51. The molecule has 3 rings (SSSR count). The topological polar surface area (TPSA) is 29.5 Å². The molecule has 1 aliphatic heterocycles. The Morgan fingerprint density at radius 1 is 1.29 bits per heavy atom. The molecule has 0 spiro atoms. The number of benzene rings is 1. The van der Waals surface area contributed by atoms with Gasteiger partial charge in [0.05, 0.1) is 0 Å². The van der Waals surface area contributed by atoms with Crippen LogP contribution < -0.4 is 4.74 Å². The molecule has 1 saturated carbocycles. The molecule has 2 aliphatic rings. The van der Waals surface area contributed by atoms with E-state index in [-0.39, 0.29) is 12.5 Å². The molecule has 1 aliphatic carbocycles. The second kappa shape index (κ2) is 4.22. The Morgan fingerprint density at radius 2 is 1.94 bits per heavy atom. The predicted octanol–water partition coefficient (Wildman–Crippen LogP) is 2.20. The number of carbonyl (C=O) groups excluding carboxylic acids is 1. The minimum Gasteiger partial charge on any atom is -0.484 e. The highest BCUT2D eigenvalue weighted by Crippen LogP contribution is 2.44. The largest absolute Gasteiger partial charge is 0.484 e. The van der Waals surface area contributed by atoms with Gasteiger partial charge in [-0.05, 0) is 42.5 Å². The van der Waals surface area contributed by atoms with E-state index in [0.717, 1.165) is 24.9 Å². The lowest BCUT2D eigenvalue weighted by Gasteiger charge is -2.17. The molecule has 1 saturated heterocycles. The standard InChI is InChI=1S/C13H14ClNO2/c14-11-1-3-12(4-2-11)17-8-13(16)15-6-9-5-10(9)7-15/h1-4,9-10H,5-8H2. The Bertz CT molecular complexity index is 422. The number of hydrogen-bond acceptors (Lipinski definition) is 2. The fourth-order valence-electron chi connectivity index (χ4n) is 2.37. The Hall–Kier alpha value is -1.22. The average Bonchev–Trinajstić information content (AvgIpc) is 2.95. The second-order valence-corrected chi connectivity index (χ2v) is 5.23. The van der Waals surface area contributed by atoms with Crippen molar-refractivity contribution in [2.24, 2.45) is 11.8 Å². The lowest BCUT2D eigenvalue weighted by molar-refractivity contribution is -0.132. The fraction of sp³-hybridized carbons (Fsp3) is 0.462. The molecule has 0 bridgehead atoms. The van der Waals surface area contributed by atoms with Gasteiger partial charge in [0.1, 0.15) is 5.75 Å². The van der Waals surface area contributed by atoms with Gasteiger partial charge in [0, 0.05) is 18.1 Å². The van der Waals surface area contributed by atoms with Gasteiger partial charge in [0.25, 0.3) is 5.91 Å². The van der Waals surface area contributed by atoms with Crippen LogP contribution in [0.15, 0.2) is 24.3 Å². The molecule has 90 valence electrons. The lowest BCUT2D eigenvalue weighted by Crippen LogP contribution is -2.34. The summed E-state index contributed by atoms with van der Waals surface area (Å²) in [6.07, 6.45) is 1.31. The average molecular weight is 252 g/mol. The highest BCUT2D eigenvalue weighted by Gasteiger charge is 2.46. The highest BCUT2D eigenvalue weighted by atomic mass is 35.5. The number of fused-ring (bicyclic) bond motifs is 1. The first kappa shape index (κ1) is 10.9. The number of hydrogen-bond donors (Lipinski definition) is 0. The van der Waals surface area contributed by atoms with Crippen LogP contribution in [-0.2, 0) is 4.79 Å². The van der Waals surface area contributed by atoms with Crippen LogP contribution in [0, 0.1) is 11.8 Å². The van der Waals surface area contributed by atoms with Gasteiger partial charge in [0.15, 0.2) is 6.61 Å². The van der Waals surface area contributed by atoms with Gasteiger partial charge in [-0.3, -0.25) is 4.79 Å². The molecular weight excluding hydrogens is 238 g/mol. The summed E-state index contributed by atoms with van der Waals surface area (Å²) in [6, 6.07) is 7.06. The summed E-state index contributed by atoms with van der Waals surface area (Å²) in [5.41, 5.74) is 0. The Balaban J connectivity index is 1.50. The molecule has 17 heavy (non-hydrogen) atoms. The van der Waals surface area contributed by atoms with Crippen LogP contribution in [-0.4, -0.2) is 30.5 Å². The van der Waals surface area contributed by atoms with Gasteiger partial charge >= 0.3 is 0 Å². The zero-order valence-corrected chi connectivity index (χ0v) is 10.2. The summed E-state index contributed by atoms with van der Waals surface area (Å²) in [5, 5.41) is 0.670. The van der Waals surface area contributed by atoms with Gasteiger partial charge in [-0.1, -0.05) is 11.6 Å². The summed E-state index contributed by atoms with van der Waals surface area (Å²) in [5.74, 6) is 2.32. The van der Waals surface area contributed by atoms with E-state index in [1.165, 1.54) is 6.42 Å². The van der Waals surface area contributed by atoms with E-state index in [1.54, 1.807) is 24.3 Å². The number of likely N-dealkylation sites (tertiary alicyclic amines) is 1. The molecule has 0 radical (unpaired) electrons. The molecule has 2 atom stereocenters. The van der Waals surface area contributed by atoms with Crippen LogP contribution in [0.4, 0.5) is 0 Å². The molecular formula is C13H14ClNO2. The van der Waals surface area contributed by atoms with Gasteiger partial charge in [-0.2, -0.15) is 0 Å². The third kappa shape index (κ3) is 2.39. The van der Waals surface area contributed by atoms with Crippen LogP contribution in [0.5, 0.6) is 5.75 Å². The van der Waals surface area contributed by atoms with Crippen molar-refractivity contribution in [3.05, 3.63) is 29.3 Å². The van der Waals surface area contributed by atoms with Gasteiger partial charge in [0.2, 0.25) is 0 Å². The molecule has 1 aromatic rings. The maximum Gasteiger partial charge on any atom is 0.260 e. The number of halogens is 1. The fourth-order valence-corrected chi connectivity index (χ4v) is 2.50. The van der Waals surface area contributed by atoms with E-state index in [2.05, 4.69) is 0 Å². The molecule has 2 fully saturated rings. The summed E-state index contributed by atoms with van der Waals surface area (Å²) in [4.78, 5) is 13.7. The van der Waals surface area contributed by atoms with E-state index < -0.39 is 0 Å². The number of ether oxygens (including phenoxy) is 1. The normalized spacial score (nSPS) is 25.6. The number of nitrogens with zero attached hydrogens (tertiary/aromatic N) is 1. The van der Waals surface area contributed by atoms with Crippen molar-refractivity contribution in [3.63, 3.8) is 0 Å². The van der Waals surface area contributed by atoms with Crippen molar-refractivity contribution in [2.75, 3.05) is 19.7 Å². The molecule has 4 heteroatoms. The minimum absolute atomic E-state index is 0.0900. The molecule has 0 aromatic heterocycles. The third-order valence-corrected chi connectivity index (χ3v) is 3.76. The summed E-state index contributed by atoms with van der Waals surface area (Å²) >= 11 is 5.77. The Labute approximate surface area is 105 Å². The van der Waals surface area contributed by atoms with E-state index in [0.29, 0.717) is 10.8 Å². The minimum atomic E-state index is 0.0900. The van der Waals surface area contributed by atoms with Crippen LogP contribution in [0.1, 0.15) is 6.42 Å². The predicted molar refractivity (Wildman–Crippen MR) is 65.1 cm³/mol. The quantitative estimate of drug-likeness (QED) is 0.824. The highest BCUT2D eigenvalue weighted by molar-refractivity contribution is 6.30. The van der Waals surface area contributed by atoms with Crippen molar-refractivity contribution in [1.29, 1.82) is 0 Å². The lowest BCUT2D eigenvalue weighted by atomic mass is 10.3. The Kier molecular flexibility index (Phi) is 2.71. The molecule has 1 heterocycles. The van der Waals surface area contributed by atoms with Gasteiger partial charge in [-0.15, -0.1) is 0 Å². The number of carbonyl (C=O) groups is 1. The SMILES string of the molecule is O=C(COc1ccc(Cl)cc1)N1CC2CC2C1. The monoisotopic (exact) mass is 251 g/mol. The number of piperidine rings is 1. The molecule has 0 N–H and O–H groups in total. The summed E-state index contributed by atoms with van der Waals surface area (Å²) in [7, 11) is 0. The summed E-state index contributed by atoms with van der Waals surface area (Å²) in [6.45, 7) is 1.97. The van der Waals surface area contributed by atoms with Crippen LogP contribution in [0.25, 0.3) is 0 Å². The van der Waals surface area contributed by atoms with Gasteiger partial charge < -0.3 is 9.64 Å². The number of amides is 1. The van der Waals surface area contributed by atoms with Crippen molar-refractivity contribution in [3.8, 4) is 5.75 Å². The second-order valence-electron chi connectivity index (χ2n) is 4.80. The first-order chi connectivity index (χ1) is 8.22. The maximum atomic E-state index is 11.8. The smallest absolute Gasteiger partial charge is 0.260 e. The molecule has 1 amide bonds. The van der Waals surface area contributed by atoms with Crippen LogP contribution in [0.2, 0.25) is 5.02 Å². The van der Waals surface area contributed by atoms with Crippen molar-refractivity contribution in [1.82, 2.24) is 4.90 Å². The molecule has 1 aromatic carbocycles. The zero-order valence-electron chi connectivity index (χ0n) is 9.43. The number of rotatable bonds is 3. The van der Waals surface area contributed by atoms with Crippen molar-refractivity contribution in [2.45, 2.75) is 6.42 Å². The van der Waals surface area contributed by atoms with E-state index in [9.17, 15) is 4.79 Å².